The predicted molar refractivity (Wildman–Crippen MR) is 68.6 cm³/mol. The number of ether oxygens (including phenoxy) is 1. The number of halogens is 2. The van der Waals surface area contributed by atoms with E-state index in [1.807, 2.05) is 0 Å². The number of benzene rings is 1. The number of nitrogens with one attached hydrogen (secondary N) is 1. The van der Waals surface area contributed by atoms with E-state index in [0.717, 1.165) is 25.6 Å². The van der Waals surface area contributed by atoms with Gasteiger partial charge in [0.05, 0.1) is 6.61 Å². The predicted octanol–water partition coefficient (Wildman–Crippen LogP) is 2.77. The Hall–Kier alpha value is -1.00. The first-order valence-corrected chi connectivity index (χ1v) is 6.31. The molecule has 0 heterocycles. The monoisotopic (exact) mass is 257 g/mol. The smallest absolute Gasteiger partial charge is 0.126 e. The van der Waals surface area contributed by atoms with Crippen molar-refractivity contribution in [1.82, 2.24) is 5.32 Å². The van der Waals surface area contributed by atoms with Crippen molar-refractivity contribution in [3.8, 4) is 0 Å². The summed E-state index contributed by atoms with van der Waals surface area (Å²) in [4.78, 5) is 0. The van der Waals surface area contributed by atoms with E-state index in [9.17, 15) is 8.78 Å². The molecule has 0 saturated carbocycles. The summed E-state index contributed by atoms with van der Waals surface area (Å²) in [5.41, 5.74) is 0.454. The Balaban J connectivity index is 2.48. The fraction of sp³-hybridized carbons (Fsp3) is 0.571. The zero-order chi connectivity index (χ0) is 13.4. The summed E-state index contributed by atoms with van der Waals surface area (Å²) in [7, 11) is 1.65. The van der Waals surface area contributed by atoms with E-state index in [1.54, 1.807) is 7.11 Å². The van der Waals surface area contributed by atoms with E-state index < -0.39 is 0 Å². The molecular weight excluding hydrogens is 236 g/mol. The highest BCUT2D eigenvalue weighted by Crippen LogP contribution is 2.16. The highest BCUT2D eigenvalue weighted by molar-refractivity contribution is 5.19. The van der Waals surface area contributed by atoms with Crippen molar-refractivity contribution in [1.29, 1.82) is 0 Å². The van der Waals surface area contributed by atoms with E-state index in [1.165, 1.54) is 12.1 Å². The topological polar surface area (TPSA) is 21.3 Å². The van der Waals surface area contributed by atoms with Gasteiger partial charge in [-0.15, -0.1) is 0 Å². The lowest BCUT2D eigenvalue weighted by molar-refractivity contribution is 0.197. The molecule has 1 rings (SSSR count). The average molecular weight is 257 g/mol. The molecule has 2 nitrogen and oxygen atoms in total. The van der Waals surface area contributed by atoms with Gasteiger partial charge in [-0.2, -0.15) is 0 Å². The third-order valence-electron chi connectivity index (χ3n) is 3.01. The molecule has 0 bridgehead atoms. The molecule has 0 aliphatic heterocycles. The van der Waals surface area contributed by atoms with E-state index in [2.05, 4.69) is 12.2 Å². The second-order valence-electron chi connectivity index (χ2n) is 4.41. The maximum absolute atomic E-state index is 13.5. The minimum atomic E-state index is -0.381. The molecule has 0 aliphatic rings. The number of hydrogen-bond acceptors (Lipinski definition) is 2. The van der Waals surface area contributed by atoms with Crippen LogP contribution in [0.4, 0.5) is 8.78 Å². The van der Waals surface area contributed by atoms with Gasteiger partial charge in [0.25, 0.3) is 0 Å². The molecule has 1 atom stereocenters. The van der Waals surface area contributed by atoms with Gasteiger partial charge in [0.1, 0.15) is 11.6 Å². The van der Waals surface area contributed by atoms with Crippen molar-refractivity contribution in [2.75, 3.05) is 26.8 Å². The summed E-state index contributed by atoms with van der Waals surface area (Å²) < 4.78 is 31.5. The third-order valence-corrected chi connectivity index (χ3v) is 3.01. The fourth-order valence-corrected chi connectivity index (χ4v) is 1.85. The van der Waals surface area contributed by atoms with Gasteiger partial charge in [-0.05, 0) is 42.6 Å². The molecule has 0 amide bonds. The fourth-order valence-electron chi connectivity index (χ4n) is 1.85. The summed E-state index contributed by atoms with van der Waals surface area (Å²) in [6, 6.07) is 3.62. The molecule has 18 heavy (non-hydrogen) atoms. The molecule has 1 aromatic rings. The first-order chi connectivity index (χ1) is 8.67. The van der Waals surface area contributed by atoms with Crippen LogP contribution in [0.3, 0.4) is 0 Å². The van der Waals surface area contributed by atoms with Crippen molar-refractivity contribution in [2.24, 2.45) is 5.92 Å². The normalized spacial score (nSPS) is 12.7. The molecule has 1 N–H and O–H groups in total. The van der Waals surface area contributed by atoms with Crippen molar-refractivity contribution >= 4 is 0 Å². The molecule has 4 heteroatoms. The number of hydrogen-bond donors (Lipinski definition) is 1. The van der Waals surface area contributed by atoms with Crippen LogP contribution in [0.25, 0.3) is 0 Å². The van der Waals surface area contributed by atoms with Gasteiger partial charge in [-0.1, -0.05) is 13.3 Å². The molecule has 1 unspecified atom stereocenters. The summed E-state index contributed by atoms with van der Waals surface area (Å²) in [5.74, 6) is -0.404. The Morgan fingerprint density at radius 1 is 1.33 bits per heavy atom. The van der Waals surface area contributed by atoms with Crippen LogP contribution in [-0.4, -0.2) is 26.8 Å². The van der Waals surface area contributed by atoms with Crippen LogP contribution in [0, 0.1) is 17.6 Å². The lowest BCUT2D eigenvalue weighted by atomic mass is 9.96. The largest absolute Gasteiger partial charge is 0.383 e. The van der Waals surface area contributed by atoms with Crippen LogP contribution in [-0.2, 0) is 11.2 Å². The zero-order valence-electron chi connectivity index (χ0n) is 11.0. The van der Waals surface area contributed by atoms with Crippen molar-refractivity contribution in [3.63, 3.8) is 0 Å². The van der Waals surface area contributed by atoms with Crippen LogP contribution in [0.1, 0.15) is 18.9 Å². The van der Waals surface area contributed by atoms with Gasteiger partial charge in [0.15, 0.2) is 0 Å². The van der Waals surface area contributed by atoms with Gasteiger partial charge in [0.2, 0.25) is 0 Å². The van der Waals surface area contributed by atoms with Crippen molar-refractivity contribution in [3.05, 3.63) is 35.4 Å². The van der Waals surface area contributed by atoms with E-state index in [0.29, 0.717) is 24.5 Å². The first-order valence-electron chi connectivity index (χ1n) is 6.31. The Bertz CT molecular complexity index is 358. The highest BCUT2D eigenvalue weighted by atomic mass is 19.1. The zero-order valence-corrected chi connectivity index (χ0v) is 11.0. The minimum absolute atomic E-state index is 0.304. The molecule has 0 saturated heterocycles. The van der Waals surface area contributed by atoms with Gasteiger partial charge >= 0.3 is 0 Å². The van der Waals surface area contributed by atoms with Crippen LogP contribution in [0.2, 0.25) is 0 Å². The third kappa shape index (κ3) is 5.10. The minimum Gasteiger partial charge on any atom is -0.383 e. The molecule has 0 fully saturated rings. The number of rotatable bonds is 8. The second-order valence-corrected chi connectivity index (χ2v) is 4.41. The molecule has 0 radical (unpaired) electrons. The Kier molecular flexibility index (Phi) is 6.83. The molecule has 0 aromatic heterocycles. The van der Waals surface area contributed by atoms with Crippen LogP contribution >= 0.6 is 0 Å². The van der Waals surface area contributed by atoms with E-state index >= 15 is 0 Å². The molecule has 102 valence electrons. The maximum atomic E-state index is 13.5. The lowest BCUT2D eigenvalue weighted by Crippen LogP contribution is -2.27. The Labute approximate surface area is 107 Å². The highest BCUT2D eigenvalue weighted by Gasteiger charge is 2.11. The van der Waals surface area contributed by atoms with Crippen LogP contribution in [0.5, 0.6) is 0 Å². The number of methoxy groups -OCH3 is 1. The molecule has 0 aliphatic carbocycles. The summed E-state index contributed by atoms with van der Waals surface area (Å²) in [6.45, 7) is 4.28. The Morgan fingerprint density at radius 3 is 2.78 bits per heavy atom. The van der Waals surface area contributed by atoms with E-state index in [-0.39, 0.29) is 11.6 Å². The standard InChI is InChI=1S/C14H21F2NO/c1-3-11(10-17-6-7-18-2)8-12-9-13(15)4-5-14(12)16/h4-5,9,11,17H,3,6-8,10H2,1-2H3. The van der Waals surface area contributed by atoms with Crippen LogP contribution < -0.4 is 5.32 Å². The van der Waals surface area contributed by atoms with Crippen LogP contribution in [0.15, 0.2) is 18.2 Å². The van der Waals surface area contributed by atoms with Gasteiger partial charge in [-0.3, -0.25) is 0 Å². The second kappa shape index (κ2) is 8.16. The Morgan fingerprint density at radius 2 is 2.11 bits per heavy atom. The summed E-state index contributed by atoms with van der Waals surface area (Å²) in [5, 5.41) is 3.25. The summed E-state index contributed by atoms with van der Waals surface area (Å²) in [6.07, 6.45) is 1.48. The molecule has 0 spiro atoms. The molecule has 1 aromatic carbocycles. The lowest BCUT2D eigenvalue weighted by Gasteiger charge is -2.16. The summed E-state index contributed by atoms with van der Waals surface area (Å²) >= 11 is 0. The molecular formula is C14H21F2NO. The first kappa shape index (κ1) is 15.1. The van der Waals surface area contributed by atoms with Gasteiger partial charge in [-0.25, -0.2) is 8.78 Å². The maximum Gasteiger partial charge on any atom is 0.126 e. The average Bonchev–Trinajstić information content (AvgIpc) is 2.37. The quantitative estimate of drug-likeness (QED) is 0.723. The SMILES string of the molecule is CCC(CNCCOC)Cc1cc(F)ccc1F. The van der Waals surface area contributed by atoms with Gasteiger partial charge < -0.3 is 10.1 Å². The van der Waals surface area contributed by atoms with Crippen molar-refractivity contribution in [2.45, 2.75) is 19.8 Å². The van der Waals surface area contributed by atoms with E-state index in [4.69, 9.17) is 4.74 Å². The van der Waals surface area contributed by atoms with Gasteiger partial charge in [0, 0.05) is 13.7 Å². The van der Waals surface area contributed by atoms with Crippen molar-refractivity contribution < 1.29 is 13.5 Å².